The van der Waals surface area contributed by atoms with Gasteiger partial charge in [0.2, 0.25) is 0 Å². The van der Waals surface area contributed by atoms with Crippen molar-refractivity contribution in [3.63, 3.8) is 0 Å². The van der Waals surface area contributed by atoms with Gasteiger partial charge in [0.15, 0.2) is 0 Å². The van der Waals surface area contributed by atoms with Gasteiger partial charge in [0, 0.05) is 122 Å². The molecule has 0 aromatic carbocycles. The minimum atomic E-state index is 0.550. The van der Waals surface area contributed by atoms with Crippen LogP contribution in [0.5, 0.6) is 0 Å². The van der Waals surface area contributed by atoms with Crippen LogP contribution in [0.4, 0.5) is 0 Å². The summed E-state index contributed by atoms with van der Waals surface area (Å²) >= 11 is 0. The fourth-order valence-electron chi connectivity index (χ4n) is 20.7. The second kappa shape index (κ2) is 27.2. The van der Waals surface area contributed by atoms with Crippen LogP contribution in [0.2, 0.25) is 0 Å². The first-order valence-electron chi connectivity index (χ1n) is 36.1. The van der Waals surface area contributed by atoms with Gasteiger partial charge >= 0.3 is 0 Å². The lowest BCUT2D eigenvalue weighted by atomic mass is 9.64. The van der Waals surface area contributed by atoms with Crippen molar-refractivity contribution in [3.8, 4) is 0 Å². The number of piperazine rings is 1. The number of hydrogen-bond acceptors (Lipinski definition) is 11. The lowest BCUT2D eigenvalue weighted by Crippen LogP contribution is -2.64. The highest BCUT2D eigenvalue weighted by Crippen LogP contribution is 2.49. The number of piperidine rings is 12. The maximum Gasteiger partial charge on any atom is 0.0757 e. The predicted octanol–water partition coefficient (Wildman–Crippen LogP) is 11.7. The zero-order valence-electron chi connectivity index (χ0n) is 57.8. The molecule has 7 unspecified atom stereocenters. The van der Waals surface area contributed by atoms with E-state index in [-0.39, 0.29) is 0 Å². The third-order valence-corrected chi connectivity index (χ3v) is 28.8. The van der Waals surface area contributed by atoms with Crippen LogP contribution in [-0.2, 0) is 4.74 Å². The van der Waals surface area contributed by atoms with E-state index in [2.05, 4.69) is 175 Å². The van der Waals surface area contributed by atoms with Gasteiger partial charge < -0.3 is 44.4 Å². The molecule has 1 N–H and O–H groups in total. The molecular weight excluding hydrogens is 1020 g/mol. The molecule has 24 rings (SSSR count). The minimum Gasteiger partial charge on any atom is -0.372 e. The van der Waals surface area contributed by atoms with Crippen molar-refractivity contribution in [1.82, 2.24) is 49.4 Å². The molecule has 83 heavy (non-hydrogen) atoms. The Hall–Kier alpha value is -0.440. The van der Waals surface area contributed by atoms with Crippen molar-refractivity contribution in [2.24, 2.45) is 41.4 Å². The first-order valence-corrected chi connectivity index (χ1v) is 36.1. The Morgan fingerprint density at radius 3 is 1.40 bits per heavy atom. The van der Waals surface area contributed by atoms with Crippen LogP contribution in [0.1, 0.15) is 223 Å². The number of nitrogens with zero attached hydrogens (tertiary/aromatic N) is 9. The van der Waals surface area contributed by atoms with Crippen LogP contribution in [0.25, 0.3) is 0 Å². The molecule has 11 nitrogen and oxygen atoms in total. The monoisotopic (exact) mass is 1160 g/mol. The van der Waals surface area contributed by atoms with E-state index in [1.807, 2.05) is 0 Å². The quantitative estimate of drug-likeness (QED) is 0.252. The highest BCUT2D eigenvalue weighted by Gasteiger charge is 2.50. The van der Waals surface area contributed by atoms with Crippen LogP contribution >= 0.6 is 0 Å². The molecule has 7 aliphatic carbocycles. The second-order valence-electron chi connectivity index (χ2n) is 33.9. The Morgan fingerprint density at radius 2 is 1.02 bits per heavy atom. The van der Waals surface area contributed by atoms with Crippen LogP contribution < -0.4 is 5.32 Å². The van der Waals surface area contributed by atoms with E-state index < -0.39 is 0 Å². The zero-order valence-corrected chi connectivity index (χ0v) is 57.8. The van der Waals surface area contributed by atoms with E-state index in [9.17, 15) is 0 Å². The summed E-state index contributed by atoms with van der Waals surface area (Å²) in [4.78, 5) is 22.6. The molecule has 0 aromatic rings. The smallest absolute Gasteiger partial charge is 0.0757 e. The van der Waals surface area contributed by atoms with E-state index in [0.717, 1.165) is 114 Å². The lowest BCUT2D eigenvalue weighted by Gasteiger charge is -2.59. The number of morpholine rings is 1. The van der Waals surface area contributed by atoms with Crippen LogP contribution in [0, 0.1) is 41.4 Å². The van der Waals surface area contributed by atoms with Gasteiger partial charge in [-0.1, -0.05) is 6.42 Å². The second-order valence-corrected chi connectivity index (χ2v) is 33.9. The van der Waals surface area contributed by atoms with Gasteiger partial charge in [-0.25, -0.2) is 0 Å². The number of likely N-dealkylation sites (tertiary alicyclic amines) is 3. The van der Waals surface area contributed by atoms with E-state index in [4.69, 9.17) is 4.74 Å². The summed E-state index contributed by atoms with van der Waals surface area (Å²) in [5.41, 5.74) is 1.83. The Balaban J connectivity index is 0.000000104. The third-order valence-electron chi connectivity index (χ3n) is 28.8. The number of fused-ring (bicyclic) bond motifs is 19. The Morgan fingerprint density at radius 1 is 0.398 bits per heavy atom. The SMILES string of the molecule is CC1C2CC(C2)CN1C.CC1C2CCC(CC2)N1C.CC1CC2CC(C2)N1C.CC1[C@@H]2CC[C@@H](C2)N1C.CC1[C@@H]2CC[C@H](CN1C)N2.CC1[C@@H]2C[C@H](CN1C)O2.CN1C2CCC[C@]1(C)C2.CN1CCC2CC1(C)C2.CN1C[C@H]2CC[C@]1(C)C2. The molecule has 24 aliphatic rings. The average molecular weight is 1160 g/mol. The molecular formula is C72H136N10O. The molecule has 0 spiro atoms. The first kappa shape index (κ1) is 65.5. The minimum absolute atomic E-state index is 0.550. The first-order chi connectivity index (χ1) is 39.3. The van der Waals surface area contributed by atoms with E-state index >= 15 is 0 Å². The van der Waals surface area contributed by atoms with Gasteiger partial charge in [-0.15, -0.1) is 0 Å². The number of rotatable bonds is 0. The molecule has 0 aromatic heterocycles. The molecule has 16 atom stereocenters. The summed E-state index contributed by atoms with van der Waals surface area (Å²) in [6.45, 7) is 27.6. The van der Waals surface area contributed by atoms with Crippen LogP contribution in [0.3, 0.4) is 0 Å². The summed E-state index contributed by atoms with van der Waals surface area (Å²) in [5.74, 6) is 7.41. The van der Waals surface area contributed by atoms with Gasteiger partial charge in [0.1, 0.15) is 0 Å². The maximum absolute atomic E-state index is 5.52. The molecule has 0 amide bonds. The molecule has 17 saturated heterocycles. The number of ether oxygens (including phenoxy) is 1. The zero-order chi connectivity index (χ0) is 59.4. The van der Waals surface area contributed by atoms with Crippen molar-refractivity contribution >= 4 is 0 Å². The van der Waals surface area contributed by atoms with Gasteiger partial charge in [-0.2, -0.15) is 0 Å². The third kappa shape index (κ3) is 14.7. The molecule has 11 heteroatoms. The lowest BCUT2D eigenvalue weighted by molar-refractivity contribution is -0.200. The maximum atomic E-state index is 5.52. The Labute approximate surface area is 513 Å². The van der Waals surface area contributed by atoms with Gasteiger partial charge in [-0.05, 0) is 321 Å². The molecule has 17 heterocycles. The highest BCUT2D eigenvalue weighted by molar-refractivity contribution is 5.06. The standard InChI is InChI=1S/C9H17N.C8H16N2.6C8H15N.C7H13NO/c1-7-8-3-5-9(6-4-8)10(7)2;1-6-8-4-3-7(9-8)5-10(6)2;1-6-8-3-7(4-8)5-9(6)2;1-6-3-7-4-8(5-7)9(6)2;1-8-5-7(6-8)3-4-9(8)2;1-8-4-3-7(5-8)6-9(8)2;1-6-7-3-4-8(5-7)9(6)2;1-8-5-3-4-7(6-8)9(8)2;1-5-7-3-6(9-7)4-8(5)2/h7-9H,3-6H2,1-2H3;6-9H,3-5H2,1-2H3;2*6-8H,3-5H2,1-2H3;2*7H,3-6H2,1-2H3;6-8H,3-5H2,1-2H3;7H,3-6H2,1-2H3;5-7H,3-4H2,1-2H3/t;6?,7-,8+;;;;7-,8+;6?,7-,8+;7?,8-;5?,6-,7+/m.1...0111/s1. The van der Waals surface area contributed by atoms with Crippen LogP contribution in [0.15, 0.2) is 0 Å². The van der Waals surface area contributed by atoms with Gasteiger partial charge in [0.05, 0.1) is 12.2 Å². The van der Waals surface area contributed by atoms with Gasteiger partial charge in [0.25, 0.3) is 0 Å². The molecule has 18 bridgehead atoms. The van der Waals surface area contributed by atoms with Crippen molar-refractivity contribution in [3.05, 3.63) is 0 Å². The van der Waals surface area contributed by atoms with Crippen molar-refractivity contribution in [2.45, 2.75) is 324 Å². The fraction of sp³-hybridized carbons (Fsp3) is 1.00. The Kier molecular flexibility index (Phi) is 21.5. The summed E-state index contributed by atoms with van der Waals surface area (Å²) in [6, 6.07) is 10.2. The van der Waals surface area contributed by atoms with Crippen molar-refractivity contribution < 1.29 is 4.74 Å². The van der Waals surface area contributed by atoms with Gasteiger partial charge in [-0.3, -0.25) is 9.80 Å². The molecule has 0 radical (unpaired) electrons. The number of likely N-dealkylation sites (N-methyl/N-ethyl adjacent to an activating group) is 2. The molecule has 480 valence electrons. The fourth-order valence-corrected chi connectivity index (χ4v) is 20.7. The molecule has 7 saturated carbocycles. The van der Waals surface area contributed by atoms with Crippen LogP contribution in [-0.4, -0.2) is 242 Å². The summed E-state index contributed by atoms with van der Waals surface area (Å²) in [5, 5.41) is 3.63. The summed E-state index contributed by atoms with van der Waals surface area (Å²) < 4.78 is 5.52. The molecule has 24 fully saturated rings. The highest BCUT2D eigenvalue weighted by atomic mass is 16.5. The largest absolute Gasteiger partial charge is 0.372 e. The molecule has 17 aliphatic heterocycles. The Bertz CT molecular complexity index is 1850. The normalized spacial score (nSPS) is 50.0. The van der Waals surface area contributed by atoms with Crippen molar-refractivity contribution in [1.29, 1.82) is 0 Å². The average Bonchev–Trinajstić information content (AvgIpc) is 3.53. The summed E-state index contributed by atoms with van der Waals surface area (Å²) in [7, 11) is 20.3. The van der Waals surface area contributed by atoms with E-state index in [1.165, 1.54) is 187 Å². The van der Waals surface area contributed by atoms with E-state index in [1.54, 1.807) is 0 Å². The topological polar surface area (TPSA) is 50.4 Å². The van der Waals surface area contributed by atoms with Crippen molar-refractivity contribution in [2.75, 3.05) is 96.2 Å². The predicted molar refractivity (Wildman–Crippen MR) is 351 cm³/mol. The number of hydrogen-bond donors (Lipinski definition) is 1. The van der Waals surface area contributed by atoms with E-state index in [0.29, 0.717) is 34.9 Å². The number of nitrogens with one attached hydrogen (secondary N) is 1. The summed E-state index contributed by atoms with van der Waals surface area (Å²) in [6.07, 6.45) is 37.6.